The zero-order valence-corrected chi connectivity index (χ0v) is 11.2. The zero-order valence-electron chi connectivity index (χ0n) is 11.2. The van der Waals surface area contributed by atoms with Gasteiger partial charge in [0.1, 0.15) is 6.04 Å². The number of nitriles is 1. The lowest BCUT2D eigenvalue weighted by Gasteiger charge is -2.31. The summed E-state index contributed by atoms with van der Waals surface area (Å²) in [5, 5.41) is 11.2. The van der Waals surface area contributed by atoms with Crippen LogP contribution < -0.4 is 0 Å². The van der Waals surface area contributed by atoms with Gasteiger partial charge in [0, 0.05) is 12.1 Å². The van der Waals surface area contributed by atoms with E-state index in [9.17, 15) is 10.1 Å². The number of benzene rings is 2. The molecule has 20 heavy (non-hydrogen) atoms. The average Bonchev–Trinajstić information content (AvgIpc) is 2.53. The van der Waals surface area contributed by atoms with Gasteiger partial charge < -0.3 is 4.90 Å². The largest absolute Gasteiger partial charge is 0.323 e. The van der Waals surface area contributed by atoms with Gasteiger partial charge in [-0.25, -0.2) is 0 Å². The molecule has 1 atom stereocenters. The number of nitrogens with zero attached hydrogens (tertiary/aromatic N) is 2. The predicted molar refractivity (Wildman–Crippen MR) is 78.2 cm³/mol. The van der Waals surface area contributed by atoms with Gasteiger partial charge in [0.15, 0.2) is 0 Å². The number of piperidine rings is 1. The van der Waals surface area contributed by atoms with Crippen molar-refractivity contribution in [3.8, 4) is 6.07 Å². The zero-order chi connectivity index (χ0) is 13.9. The Morgan fingerprint density at radius 3 is 2.80 bits per heavy atom. The molecule has 0 N–H and O–H groups in total. The van der Waals surface area contributed by atoms with Crippen molar-refractivity contribution in [2.45, 2.75) is 25.3 Å². The van der Waals surface area contributed by atoms with Crippen LogP contribution in [0.5, 0.6) is 0 Å². The van der Waals surface area contributed by atoms with Gasteiger partial charge >= 0.3 is 0 Å². The molecule has 100 valence electrons. The Balaban J connectivity index is 2.02. The number of rotatable bonds is 1. The Morgan fingerprint density at radius 1 is 1.15 bits per heavy atom. The Hall–Kier alpha value is -2.34. The van der Waals surface area contributed by atoms with Gasteiger partial charge in [-0.05, 0) is 36.1 Å². The summed E-state index contributed by atoms with van der Waals surface area (Å²) >= 11 is 0. The van der Waals surface area contributed by atoms with E-state index in [4.69, 9.17) is 0 Å². The lowest BCUT2D eigenvalue weighted by Crippen LogP contribution is -2.43. The highest BCUT2D eigenvalue weighted by molar-refractivity contribution is 6.07. The molecule has 1 saturated heterocycles. The van der Waals surface area contributed by atoms with E-state index in [1.54, 1.807) is 4.90 Å². The molecule has 0 aliphatic carbocycles. The summed E-state index contributed by atoms with van der Waals surface area (Å²) in [7, 11) is 0. The highest BCUT2D eigenvalue weighted by Gasteiger charge is 2.27. The molecule has 0 spiro atoms. The molecule has 1 fully saturated rings. The van der Waals surface area contributed by atoms with E-state index in [2.05, 4.69) is 6.07 Å². The van der Waals surface area contributed by atoms with Crippen LogP contribution in [0.25, 0.3) is 10.8 Å². The molecule has 0 radical (unpaired) electrons. The molecule has 1 amide bonds. The molecule has 3 heteroatoms. The number of carbonyl (C=O) groups excluding carboxylic acids is 1. The maximum absolute atomic E-state index is 12.8. The minimum atomic E-state index is -0.282. The molecule has 0 bridgehead atoms. The van der Waals surface area contributed by atoms with E-state index < -0.39 is 0 Å². The van der Waals surface area contributed by atoms with Crippen molar-refractivity contribution in [3.63, 3.8) is 0 Å². The fourth-order valence-corrected chi connectivity index (χ4v) is 2.88. The molecule has 2 aromatic carbocycles. The van der Waals surface area contributed by atoms with E-state index in [-0.39, 0.29) is 11.9 Å². The molecule has 1 unspecified atom stereocenters. The topological polar surface area (TPSA) is 44.1 Å². The summed E-state index contributed by atoms with van der Waals surface area (Å²) in [4.78, 5) is 14.5. The number of fused-ring (bicyclic) bond motifs is 1. The van der Waals surface area contributed by atoms with E-state index in [1.165, 1.54) is 0 Å². The summed E-state index contributed by atoms with van der Waals surface area (Å²) in [6.07, 6.45) is 2.79. The van der Waals surface area contributed by atoms with Crippen LogP contribution in [-0.2, 0) is 0 Å². The molecular formula is C17H16N2O. The number of amides is 1. The highest BCUT2D eigenvalue weighted by Crippen LogP contribution is 2.24. The summed E-state index contributed by atoms with van der Waals surface area (Å²) in [6, 6.07) is 15.6. The first kappa shape index (κ1) is 12.7. The third-order valence-electron chi connectivity index (χ3n) is 3.93. The minimum Gasteiger partial charge on any atom is -0.323 e. The third-order valence-corrected chi connectivity index (χ3v) is 3.93. The summed E-state index contributed by atoms with van der Waals surface area (Å²) in [5.41, 5.74) is 0.699. The Bertz CT molecular complexity index is 681. The molecule has 0 aromatic heterocycles. The van der Waals surface area contributed by atoms with Crippen LogP contribution in [0.1, 0.15) is 29.6 Å². The molecule has 0 saturated carbocycles. The van der Waals surface area contributed by atoms with Crippen molar-refractivity contribution in [2.24, 2.45) is 0 Å². The first-order chi connectivity index (χ1) is 9.81. The Morgan fingerprint density at radius 2 is 1.95 bits per heavy atom. The second-order valence-electron chi connectivity index (χ2n) is 5.17. The monoisotopic (exact) mass is 264 g/mol. The van der Waals surface area contributed by atoms with Gasteiger partial charge in [0.25, 0.3) is 5.91 Å². The fourth-order valence-electron chi connectivity index (χ4n) is 2.88. The van der Waals surface area contributed by atoms with Gasteiger partial charge in [-0.1, -0.05) is 36.4 Å². The maximum atomic E-state index is 12.8. The molecule has 3 nitrogen and oxygen atoms in total. The number of carbonyl (C=O) groups is 1. The van der Waals surface area contributed by atoms with Gasteiger partial charge in [0.05, 0.1) is 6.07 Å². The quantitative estimate of drug-likeness (QED) is 0.792. The van der Waals surface area contributed by atoms with Crippen LogP contribution in [-0.4, -0.2) is 23.4 Å². The van der Waals surface area contributed by atoms with E-state index in [1.807, 2.05) is 42.5 Å². The van der Waals surface area contributed by atoms with Crippen LogP contribution in [0.15, 0.2) is 42.5 Å². The van der Waals surface area contributed by atoms with Crippen molar-refractivity contribution >= 4 is 16.7 Å². The maximum Gasteiger partial charge on any atom is 0.255 e. The second kappa shape index (κ2) is 5.34. The smallest absolute Gasteiger partial charge is 0.255 e. The van der Waals surface area contributed by atoms with Crippen molar-refractivity contribution in [1.29, 1.82) is 5.26 Å². The molecule has 1 heterocycles. The van der Waals surface area contributed by atoms with Crippen molar-refractivity contribution in [2.75, 3.05) is 6.54 Å². The van der Waals surface area contributed by atoms with Crippen LogP contribution in [0.3, 0.4) is 0 Å². The fraction of sp³-hybridized carbons (Fsp3) is 0.294. The average molecular weight is 264 g/mol. The normalized spacial score (nSPS) is 18.8. The first-order valence-electron chi connectivity index (χ1n) is 6.99. The van der Waals surface area contributed by atoms with Crippen molar-refractivity contribution < 1.29 is 4.79 Å². The standard InChI is InChI=1S/C17H16N2O/c18-12-14-8-3-4-11-19(14)17(20)16-10-5-7-13-6-1-2-9-15(13)16/h1-2,5-7,9-10,14H,3-4,8,11H2. The van der Waals surface area contributed by atoms with E-state index in [0.717, 1.165) is 30.0 Å². The van der Waals surface area contributed by atoms with Gasteiger partial charge in [-0.15, -0.1) is 0 Å². The molecule has 1 aliphatic heterocycles. The van der Waals surface area contributed by atoms with Crippen LogP contribution >= 0.6 is 0 Å². The Labute approximate surface area is 118 Å². The lowest BCUT2D eigenvalue weighted by molar-refractivity contribution is 0.0672. The van der Waals surface area contributed by atoms with Gasteiger partial charge in [-0.3, -0.25) is 4.79 Å². The van der Waals surface area contributed by atoms with Crippen LogP contribution in [0, 0.1) is 11.3 Å². The number of hydrogen-bond donors (Lipinski definition) is 0. The summed E-state index contributed by atoms with van der Waals surface area (Å²) < 4.78 is 0. The number of hydrogen-bond acceptors (Lipinski definition) is 2. The molecule has 3 rings (SSSR count). The second-order valence-corrected chi connectivity index (χ2v) is 5.17. The van der Waals surface area contributed by atoms with Crippen molar-refractivity contribution in [1.82, 2.24) is 4.90 Å². The Kier molecular flexibility index (Phi) is 3.39. The van der Waals surface area contributed by atoms with Crippen LogP contribution in [0.4, 0.5) is 0 Å². The van der Waals surface area contributed by atoms with E-state index in [0.29, 0.717) is 12.1 Å². The van der Waals surface area contributed by atoms with Crippen LogP contribution in [0.2, 0.25) is 0 Å². The van der Waals surface area contributed by atoms with E-state index >= 15 is 0 Å². The highest BCUT2D eigenvalue weighted by atomic mass is 16.2. The minimum absolute atomic E-state index is 0.0203. The molecule has 1 aliphatic rings. The van der Waals surface area contributed by atoms with Crippen molar-refractivity contribution in [3.05, 3.63) is 48.0 Å². The van der Waals surface area contributed by atoms with Gasteiger partial charge in [-0.2, -0.15) is 5.26 Å². The third kappa shape index (κ3) is 2.14. The first-order valence-corrected chi connectivity index (χ1v) is 6.99. The SMILES string of the molecule is N#CC1CCCCN1C(=O)c1cccc2ccccc12. The predicted octanol–water partition coefficient (Wildman–Crippen LogP) is 3.36. The lowest BCUT2D eigenvalue weighted by atomic mass is 9.99. The summed E-state index contributed by atoms with van der Waals surface area (Å²) in [6.45, 7) is 0.681. The van der Waals surface area contributed by atoms with Gasteiger partial charge in [0.2, 0.25) is 0 Å². The molecule has 2 aromatic rings. The molecular weight excluding hydrogens is 248 g/mol. The summed E-state index contributed by atoms with van der Waals surface area (Å²) in [5.74, 6) is -0.0203. The number of likely N-dealkylation sites (tertiary alicyclic amines) is 1.